The molecule has 2 aromatic rings. The molecule has 32 heavy (non-hydrogen) atoms. The number of hydrogen-bond acceptors (Lipinski definition) is 4. The highest BCUT2D eigenvalue weighted by molar-refractivity contribution is 6.14. The van der Waals surface area contributed by atoms with Crippen molar-refractivity contribution in [2.24, 2.45) is 0 Å². The number of nitrogens with one attached hydrogen (secondary N) is 2. The second-order valence-electron chi connectivity index (χ2n) is 7.78. The monoisotopic (exact) mass is 435 g/mol. The highest BCUT2D eigenvalue weighted by atomic mass is 16.4. The maximum absolute atomic E-state index is 12.5. The first kappa shape index (κ1) is 22.7. The molecule has 0 saturated heterocycles. The van der Waals surface area contributed by atoms with Gasteiger partial charge in [-0.2, -0.15) is 0 Å². The predicted octanol–water partition coefficient (Wildman–Crippen LogP) is 2.32. The fourth-order valence-electron chi connectivity index (χ4n) is 3.50. The molecule has 8 nitrogen and oxygen atoms in total. The van der Waals surface area contributed by atoms with E-state index in [0.29, 0.717) is 5.56 Å². The topological polar surface area (TPSA) is 116 Å². The lowest BCUT2D eigenvalue weighted by molar-refractivity contribution is -0.138. The molecule has 8 heteroatoms. The van der Waals surface area contributed by atoms with Crippen LogP contribution in [0.2, 0.25) is 0 Å². The Hall–Kier alpha value is -3.94. The number of nitrogens with zero attached hydrogens (tertiary/aromatic N) is 1. The quantitative estimate of drug-likeness (QED) is 0.578. The SMILES string of the molecule is Cc1cccc(Cc2ccc([C@H](CC(=O)O)NC(=O)NC3C(=O)C=CN(C)C3=O)cc2)c1. The van der Waals surface area contributed by atoms with E-state index in [1.54, 1.807) is 12.1 Å². The Balaban J connectivity index is 1.69. The van der Waals surface area contributed by atoms with E-state index in [1.165, 1.54) is 29.8 Å². The molecule has 3 rings (SSSR count). The first-order valence-corrected chi connectivity index (χ1v) is 10.1. The van der Waals surface area contributed by atoms with Gasteiger partial charge in [-0.3, -0.25) is 14.4 Å². The molecule has 0 spiro atoms. The summed E-state index contributed by atoms with van der Waals surface area (Å²) in [6.07, 6.45) is 2.91. The van der Waals surface area contributed by atoms with Crippen LogP contribution in [-0.4, -0.2) is 46.8 Å². The summed E-state index contributed by atoms with van der Waals surface area (Å²) in [5.74, 6) is -2.20. The Morgan fingerprint density at radius 3 is 2.47 bits per heavy atom. The number of urea groups is 1. The van der Waals surface area contributed by atoms with E-state index in [-0.39, 0.29) is 6.42 Å². The highest BCUT2D eigenvalue weighted by Crippen LogP contribution is 2.20. The van der Waals surface area contributed by atoms with E-state index < -0.39 is 35.8 Å². The Bertz CT molecular complexity index is 1060. The lowest BCUT2D eigenvalue weighted by Crippen LogP contribution is -2.55. The number of carboxylic acids is 1. The molecule has 3 N–H and O–H groups in total. The van der Waals surface area contributed by atoms with Crippen molar-refractivity contribution in [1.29, 1.82) is 0 Å². The van der Waals surface area contributed by atoms with Crippen LogP contribution in [0.5, 0.6) is 0 Å². The second kappa shape index (κ2) is 9.91. The second-order valence-corrected chi connectivity index (χ2v) is 7.78. The number of ketones is 1. The molecule has 0 bridgehead atoms. The van der Waals surface area contributed by atoms with Crippen molar-refractivity contribution < 1.29 is 24.3 Å². The van der Waals surface area contributed by atoms with Crippen molar-refractivity contribution >= 4 is 23.7 Å². The average Bonchev–Trinajstić information content (AvgIpc) is 2.74. The number of aliphatic carboxylic acids is 1. The maximum atomic E-state index is 12.5. The number of aryl methyl sites for hydroxylation is 1. The van der Waals surface area contributed by atoms with E-state index in [9.17, 15) is 24.3 Å². The Morgan fingerprint density at radius 1 is 1.09 bits per heavy atom. The fourth-order valence-corrected chi connectivity index (χ4v) is 3.50. The van der Waals surface area contributed by atoms with Gasteiger partial charge in [-0.1, -0.05) is 54.1 Å². The smallest absolute Gasteiger partial charge is 0.316 e. The molecule has 0 aromatic heterocycles. The molecule has 2 atom stereocenters. The molecule has 1 heterocycles. The van der Waals surface area contributed by atoms with Crippen molar-refractivity contribution in [3.05, 3.63) is 83.1 Å². The average molecular weight is 435 g/mol. The van der Waals surface area contributed by atoms with Gasteiger partial charge in [0.15, 0.2) is 11.8 Å². The fraction of sp³-hybridized carbons (Fsp3) is 0.250. The number of likely N-dealkylation sites (N-methyl/N-ethyl adjacent to an activating group) is 1. The van der Waals surface area contributed by atoms with Crippen LogP contribution < -0.4 is 10.6 Å². The number of benzene rings is 2. The molecular formula is C24H25N3O5. The van der Waals surface area contributed by atoms with E-state index in [2.05, 4.69) is 16.7 Å². The minimum atomic E-state index is -1.34. The lowest BCUT2D eigenvalue weighted by atomic mass is 9.98. The summed E-state index contributed by atoms with van der Waals surface area (Å²) < 4.78 is 0. The summed E-state index contributed by atoms with van der Waals surface area (Å²) in [7, 11) is 1.48. The number of carbonyl (C=O) groups excluding carboxylic acids is 3. The van der Waals surface area contributed by atoms with E-state index in [0.717, 1.165) is 17.5 Å². The maximum Gasteiger partial charge on any atom is 0.316 e. The van der Waals surface area contributed by atoms with Gasteiger partial charge in [0, 0.05) is 19.3 Å². The molecule has 0 fully saturated rings. The number of hydrogen-bond donors (Lipinski definition) is 3. The van der Waals surface area contributed by atoms with Crippen molar-refractivity contribution in [1.82, 2.24) is 15.5 Å². The molecule has 1 aliphatic rings. The van der Waals surface area contributed by atoms with Crippen LogP contribution in [0.3, 0.4) is 0 Å². The van der Waals surface area contributed by atoms with Crippen LogP contribution in [0.15, 0.2) is 60.8 Å². The van der Waals surface area contributed by atoms with Crippen LogP contribution in [0.4, 0.5) is 4.79 Å². The minimum Gasteiger partial charge on any atom is -0.481 e. The first-order valence-electron chi connectivity index (χ1n) is 10.1. The summed E-state index contributed by atoms with van der Waals surface area (Å²) >= 11 is 0. The molecule has 0 saturated carbocycles. The highest BCUT2D eigenvalue weighted by Gasteiger charge is 2.32. The number of carbonyl (C=O) groups is 4. The van der Waals surface area contributed by atoms with Gasteiger partial charge in [0.2, 0.25) is 0 Å². The van der Waals surface area contributed by atoms with Gasteiger partial charge in [0.25, 0.3) is 5.91 Å². The van der Waals surface area contributed by atoms with Gasteiger partial charge in [0.05, 0.1) is 12.5 Å². The van der Waals surface area contributed by atoms with E-state index in [4.69, 9.17) is 0 Å². The number of amides is 3. The largest absolute Gasteiger partial charge is 0.481 e. The Morgan fingerprint density at radius 2 is 1.81 bits per heavy atom. The summed E-state index contributed by atoms with van der Waals surface area (Å²) in [6.45, 7) is 2.03. The van der Waals surface area contributed by atoms with Crippen LogP contribution in [-0.2, 0) is 20.8 Å². The summed E-state index contributed by atoms with van der Waals surface area (Å²) in [5, 5.41) is 14.2. The van der Waals surface area contributed by atoms with Crippen molar-refractivity contribution in [2.45, 2.75) is 31.8 Å². The summed E-state index contributed by atoms with van der Waals surface area (Å²) in [6, 6.07) is 12.5. The molecular weight excluding hydrogens is 410 g/mol. The van der Waals surface area contributed by atoms with E-state index >= 15 is 0 Å². The Kier molecular flexibility index (Phi) is 7.04. The zero-order valence-electron chi connectivity index (χ0n) is 17.9. The normalized spacial score (nSPS) is 16.6. The lowest BCUT2D eigenvalue weighted by Gasteiger charge is -2.25. The third-order valence-electron chi connectivity index (χ3n) is 5.17. The van der Waals surface area contributed by atoms with Crippen molar-refractivity contribution in [2.75, 3.05) is 7.05 Å². The zero-order valence-corrected chi connectivity index (χ0v) is 17.9. The van der Waals surface area contributed by atoms with Gasteiger partial charge in [-0.05, 0) is 30.0 Å². The van der Waals surface area contributed by atoms with Crippen molar-refractivity contribution in [3.63, 3.8) is 0 Å². The summed E-state index contributed by atoms with van der Waals surface area (Å²) in [5.41, 5.74) is 3.99. The molecule has 1 unspecified atom stereocenters. The number of carboxylic acid groups (broad SMARTS) is 1. The Labute approximate surface area is 185 Å². The minimum absolute atomic E-state index is 0.350. The standard InChI is InChI=1S/C24H25N3O5/c1-15-4-3-5-17(12-15)13-16-6-8-18(9-7-16)19(14-21(29)30)25-24(32)26-22-20(28)10-11-27(2)23(22)31/h3-12,19,22H,13-14H2,1-2H3,(H,29,30)(H2,25,26,32)/t19-,22?/m0/s1. The van der Waals surface area contributed by atoms with Crippen LogP contribution in [0.1, 0.15) is 34.7 Å². The molecule has 2 aromatic carbocycles. The number of rotatable bonds is 7. The van der Waals surface area contributed by atoms with Gasteiger partial charge >= 0.3 is 12.0 Å². The first-order chi connectivity index (χ1) is 15.2. The zero-order chi connectivity index (χ0) is 23.3. The molecule has 166 valence electrons. The van der Waals surface area contributed by atoms with Gasteiger partial charge in [0.1, 0.15) is 0 Å². The molecule has 1 aliphatic heterocycles. The van der Waals surface area contributed by atoms with Gasteiger partial charge in [-0.25, -0.2) is 4.79 Å². The van der Waals surface area contributed by atoms with Crippen molar-refractivity contribution in [3.8, 4) is 0 Å². The third kappa shape index (κ3) is 5.81. The van der Waals surface area contributed by atoms with Crippen LogP contribution >= 0.6 is 0 Å². The van der Waals surface area contributed by atoms with Gasteiger partial charge < -0.3 is 20.6 Å². The molecule has 0 radical (unpaired) electrons. The summed E-state index contributed by atoms with van der Waals surface area (Å²) in [4.78, 5) is 49.1. The molecule has 0 aliphatic carbocycles. The van der Waals surface area contributed by atoms with E-state index in [1.807, 2.05) is 37.3 Å². The third-order valence-corrected chi connectivity index (χ3v) is 5.17. The predicted molar refractivity (Wildman–Crippen MR) is 118 cm³/mol. The molecule has 3 amide bonds. The van der Waals surface area contributed by atoms with Crippen LogP contribution in [0.25, 0.3) is 0 Å². The van der Waals surface area contributed by atoms with Crippen LogP contribution in [0, 0.1) is 6.92 Å². The van der Waals surface area contributed by atoms with Gasteiger partial charge in [-0.15, -0.1) is 0 Å².